The van der Waals surface area contributed by atoms with Crippen LogP contribution in [0, 0.1) is 13.8 Å². The number of aromatic nitrogens is 3. The third-order valence-corrected chi connectivity index (χ3v) is 3.79. The Morgan fingerprint density at radius 3 is 2.48 bits per heavy atom. The van der Waals surface area contributed by atoms with Gasteiger partial charge in [0.15, 0.2) is 0 Å². The molecule has 0 bridgehead atoms. The normalized spacial score (nSPS) is 10.7. The van der Waals surface area contributed by atoms with Crippen LogP contribution in [0.25, 0.3) is 11.0 Å². The molecule has 2 heterocycles. The van der Waals surface area contributed by atoms with Gasteiger partial charge in [-0.2, -0.15) is 0 Å². The minimum absolute atomic E-state index is 0.0578. The number of hydrogen-bond acceptors (Lipinski definition) is 4. The molecule has 0 saturated heterocycles. The number of benzene rings is 1. The molecule has 23 heavy (non-hydrogen) atoms. The van der Waals surface area contributed by atoms with Gasteiger partial charge < -0.3 is 4.90 Å². The summed E-state index contributed by atoms with van der Waals surface area (Å²) in [5, 5.41) is 0. The number of aryl methyl sites for hydroxylation is 2. The fourth-order valence-corrected chi connectivity index (χ4v) is 2.39. The van der Waals surface area contributed by atoms with Crippen LogP contribution in [-0.4, -0.2) is 32.8 Å². The van der Waals surface area contributed by atoms with Gasteiger partial charge in [0.1, 0.15) is 0 Å². The summed E-state index contributed by atoms with van der Waals surface area (Å²) in [6, 6.07) is 11.1. The summed E-state index contributed by atoms with van der Waals surface area (Å²) in [5.41, 5.74) is 4.79. The molecule has 0 radical (unpaired) electrons. The maximum atomic E-state index is 12.6. The highest BCUT2D eigenvalue weighted by molar-refractivity contribution is 5.97. The molecule has 0 fully saturated rings. The van der Waals surface area contributed by atoms with Gasteiger partial charge in [-0.3, -0.25) is 9.78 Å². The predicted molar refractivity (Wildman–Crippen MR) is 89.0 cm³/mol. The van der Waals surface area contributed by atoms with Gasteiger partial charge in [-0.1, -0.05) is 6.07 Å². The molecule has 5 heteroatoms. The number of carbonyl (C=O) groups excluding carboxylic acids is 1. The number of amides is 1. The Labute approximate surface area is 135 Å². The highest BCUT2D eigenvalue weighted by atomic mass is 16.2. The van der Waals surface area contributed by atoms with E-state index in [0.717, 1.165) is 28.1 Å². The molecule has 1 aromatic carbocycles. The Morgan fingerprint density at radius 2 is 1.78 bits per heavy atom. The molecule has 116 valence electrons. The van der Waals surface area contributed by atoms with E-state index in [9.17, 15) is 4.79 Å². The molecule has 2 aromatic heterocycles. The fourth-order valence-electron chi connectivity index (χ4n) is 2.39. The number of carbonyl (C=O) groups is 1. The summed E-state index contributed by atoms with van der Waals surface area (Å²) >= 11 is 0. The molecule has 0 aliphatic rings. The van der Waals surface area contributed by atoms with Crippen LogP contribution < -0.4 is 0 Å². The van der Waals surface area contributed by atoms with Crippen LogP contribution >= 0.6 is 0 Å². The second-order valence-electron chi connectivity index (χ2n) is 5.58. The second-order valence-corrected chi connectivity index (χ2v) is 5.58. The van der Waals surface area contributed by atoms with Gasteiger partial charge in [-0.05, 0) is 44.2 Å². The molecule has 3 rings (SSSR count). The first-order valence-electron chi connectivity index (χ1n) is 7.45. The van der Waals surface area contributed by atoms with E-state index in [1.165, 1.54) is 0 Å². The van der Waals surface area contributed by atoms with Crippen molar-refractivity contribution in [2.45, 2.75) is 20.4 Å². The van der Waals surface area contributed by atoms with Gasteiger partial charge in [0, 0.05) is 18.8 Å². The van der Waals surface area contributed by atoms with E-state index in [0.29, 0.717) is 12.1 Å². The average Bonchev–Trinajstić information content (AvgIpc) is 2.55. The number of pyridine rings is 1. The fraction of sp³-hybridized carbons (Fsp3) is 0.222. The van der Waals surface area contributed by atoms with E-state index in [4.69, 9.17) is 0 Å². The van der Waals surface area contributed by atoms with Gasteiger partial charge in [0.2, 0.25) is 0 Å². The topological polar surface area (TPSA) is 59.0 Å². The first-order valence-corrected chi connectivity index (χ1v) is 7.45. The van der Waals surface area contributed by atoms with Crippen LogP contribution in [-0.2, 0) is 6.54 Å². The number of fused-ring (bicyclic) bond motifs is 1. The Morgan fingerprint density at radius 1 is 1.04 bits per heavy atom. The van der Waals surface area contributed by atoms with Crippen LogP contribution in [0.2, 0.25) is 0 Å². The highest BCUT2D eigenvalue weighted by Crippen LogP contribution is 2.16. The van der Waals surface area contributed by atoms with Gasteiger partial charge in [0.25, 0.3) is 5.91 Å². The van der Waals surface area contributed by atoms with Crippen molar-refractivity contribution in [2.24, 2.45) is 0 Å². The summed E-state index contributed by atoms with van der Waals surface area (Å²) in [6.45, 7) is 4.32. The van der Waals surface area contributed by atoms with Crippen LogP contribution in [0.1, 0.15) is 27.4 Å². The smallest absolute Gasteiger partial charge is 0.254 e. The first-order chi connectivity index (χ1) is 11.0. The monoisotopic (exact) mass is 306 g/mol. The van der Waals surface area contributed by atoms with Crippen molar-refractivity contribution < 1.29 is 4.79 Å². The largest absolute Gasteiger partial charge is 0.336 e. The lowest BCUT2D eigenvalue weighted by atomic mass is 10.1. The van der Waals surface area contributed by atoms with E-state index in [2.05, 4.69) is 15.0 Å². The van der Waals surface area contributed by atoms with E-state index >= 15 is 0 Å². The van der Waals surface area contributed by atoms with Crippen molar-refractivity contribution in [2.75, 3.05) is 7.05 Å². The molecule has 3 aromatic rings. The number of hydrogen-bond donors (Lipinski definition) is 0. The SMILES string of the molecule is Cc1nc2ccc(C(=O)N(C)Cc3ccccn3)cc2nc1C. The molecule has 5 nitrogen and oxygen atoms in total. The standard InChI is InChI=1S/C18H18N4O/c1-12-13(2)21-17-10-14(7-8-16(17)20-12)18(23)22(3)11-15-6-4-5-9-19-15/h4-10H,11H2,1-3H3. The van der Waals surface area contributed by atoms with Crippen LogP contribution in [0.15, 0.2) is 42.6 Å². The molecular formula is C18H18N4O. The summed E-state index contributed by atoms with van der Waals surface area (Å²) in [5.74, 6) is -0.0578. The third kappa shape index (κ3) is 3.18. The van der Waals surface area contributed by atoms with Gasteiger partial charge in [0.05, 0.1) is 34.7 Å². The number of rotatable bonds is 3. The average molecular weight is 306 g/mol. The van der Waals surface area contributed by atoms with Crippen molar-refractivity contribution in [3.05, 3.63) is 65.2 Å². The predicted octanol–water partition coefficient (Wildman–Crippen LogP) is 2.91. The lowest BCUT2D eigenvalue weighted by Crippen LogP contribution is -2.26. The van der Waals surface area contributed by atoms with Crippen molar-refractivity contribution in [1.29, 1.82) is 0 Å². The molecule has 0 N–H and O–H groups in total. The number of nitrogens with zero attached hydrogens (tertiary/aromatic N) is 4. The van der Waals surface area contributed by atoms with Crippen molar-refractivity contribution in [3.63, 3.8) is 0 Å². The Kier molecular flexibility index (Phi) is 4.02. The van der Waals surface area contributed by atoms with Crippen molar-refractivity contribution in [3.8, 4) is 0 Å². The maximum Gasteiger partial charge on any atom is 0.254 e. The summed E-state index contributed by atoms with van der Waals surface area (Å²) in [4.78, 5) is 27.5. The molecule has 0 aliphatic heterocycles. The van der Waals surface area contributed by atoms with Crippen LogP contribution in [0.4, 0.5) is 0 Å². The first kappa shape index (κ1) is 15.1. The minimum atomic E-state index is -0.0578. The zero-order valence-electron chi connectivity index (χ0n) is 13.4. The van der Waals surface area contributed by atoms with Gasteiger partial charge in [-0.15, -0.1) is 0 Å². The van der Waals surface area contributed by atoms with E-state index in [1.807, 2.05) is 38.1 Å². The van der Waals surface area contributed by atoms with Crippen molar-refractivity contribution >= 4 is 16.9 Å². The molecule has 0 atom stereocenters. The summed E-state index contributed by atoms with van der Waals surface area (Å²) in [6.07, 6.45) is 1.73. The van der Waals surface area contributed by atoms with Crippen molar-refractivity contribution in [1.82, 2.24) is 19.9 Å². The second kappa shape index (κ2) is 6.12. The van der Waals surface area contributed by atoms with E-state index < -0.39 is 0 Å². The maximum absolute atomic E-state index is 12.6. The molecule has 0 saturated carbocycles. The lowest BCUT2D eigenvalue weighted by Gasteiger charge is -2.17. The van der Waals surface area contributed by atoms with Crippen LogP contribution in [0.5, 0.6) is 0 Å². The molecule has 0 spiro atoms. The lowest BCUT2D eigenvalue weighted by molar-refractivity contribution is 0.0783. The Bertz CT molecular complexity index is 862. The quantitative estimate of drug-likeness (QED) is 0.746. The Hall–Kier alpha value is -2.82. The molecule has 0 unspecified atom stereocenters. The van der Waals surface area contributed by atoms with Gasteiger partial charge >= 0.3 is 0 Å². The zero-order valence-corrected chi connectivity index (χ0v) is 13.4. The zero-order chi connectivity index (χ0) is 16.4. The van der Waals surface area contributed by atoms with E-state index in [-0.39, 0.29) is 5.91 Å². The van der Waals surface area contributed by atoms with E-state index in [1.54, 1.807) is 30.3 Å². The summed E-state index contributed by atoms with van der Waals surface area (Å²) < 4.78 is 0. The van der Waals surface area contributed by atoms with Crippen LogP contribution in [0.3, 0.4) is 0 Å². The van der Waals surface area contributed by atoms with Gasteiger partial charge in [-0.25, -0.2) is 9.97 Å². The Balaban J connectivity index is 1.87. The third-order valence-electron chi connectivity index (χ3n) is 3.79. The highest BCUT2D eigenvalue weighted by Gasteiger charge is 2.14. The summed E-state index contributed by atoms with van der Waals surface area (Å²) in [7, 11) is 1.77. The molecular weight excluding hydrogens is 288 g/mol. The molecule has 1 amide bonds. The molecule has 0 aliphatic carbocycles. The minimum Gasteiger partial charge on any atom is -0.336 e.